The van der Waals surface area contributed by atoms with Crippen molar-refractivity contribution in [3.63, 3.8) is 0 Å². The number of carbonyl (C=O) groups excluding carboxylic acids is 4. The van der Waals surface area contributed by atoms with E-state index in [-0.39, 0.29) is 29.0 Å². The lowest BCUT2D eigenvalue weighted by atomic mass is 9.97. The quantitative estimate of drug-likeness (QED) is 0.192. The normalized spacial score (nSPS) is 18.6. The number of nitrogens with one attached hydrogen (secondary N) is 1. The lowest BCUT2D eigenvalue weighted by Gasteiger charge is -2.29. The Labute approximate surface area is 225 Å². The fourth-order valence-electron chi connectivity index (χ4n) is 5.02. The number of fused-ring (bicyclic) bond motifs is 1. The van der Waals surface area contributed by atoms with E-state index in [1.54, 1.807) is 42.5 Å². The zero-order valence-corrected chi connectivity index (χ0v) is 21.8. The molecule has 4 amide bonds. The molecule has 1 aliphatic carbocycles. The van der Waals surface area contributed by atoms with E-state index in [1.165, 1.54) is 30.1 Å². The Hall–Kier alpha value is -4.11. The minimum atomic E-state index is -0.564. The van der Waals surface area contributed by atoms with Crippen LogP contribution in [0.3, 0.4) is 0 Å². The monoisotopic (exact) mass is 529 g/mol. The topological polar surface area (TPSA) is 96.0 Å². The van der Waals surface area contributed by atoms with Crippen LogP contribution in [0.5, 0.6) is 5.75 Å². The number of ether oxygens (including phenoxy) is 1. The maximum absolute atomic E-state index is 13.3. The van der Waals surface area contributed by atoms with Crippen molar-refractivity contribution in [3.05, 3.63) is 81.9 Å². The smallest absolute Gasteiger partial charge is 0.265 e. The number of hydrogen-bond acceptors (Lipinski definition) is 6. The number of rotatable bonds is 7. The van der Waals surface area contributed by atoms with Crippen molar-refractivity contribution in [2.24, 2.45) is 0 Å². The molecule has 0 radical (unpaired) electrons. The highest BCUT2D eigenvalue weighted by Crippen LogP contribution is 2.29. The first kappa shape index (κ1) is 25.5. The van der Waals surface area contributed by atoms with Crippen LogP contribution in [-0.2, 0) is 16.1 Å². The molecular formula is C29H27N3O5S. The largest absolute Gasteiger partial charge is 0.496 e. The number of hydrogen-bond donors (Lipinski definition) is 1. The van der Waals surface area contributed by atoms with Gasteiger partial charge in [0.25, 0.3) is 23.6 Å². The number of methoxy groups -OCH3 is 1. The van der Waals surface area contributed by atoms with E-state index >= 15 is 0 Å². The highest BCUT2D eigenvalue weighted by molar-refractivity contribution is 7.80. The summed E-state index contributed by atoms with van der Waals surface area (Å²) in [6.07, 6.45) is 8.84. The van der Waals surface area contributed by atoms with Crippen LogP contribution < -0.4 is 10.1 Å². The van der Waals surface area contributed by atoms with Gasteiger partial charge in [-0.25, -0.2) is 0 Å². The van der Waals surface area contributed by atoms with Crippen LogP contribution in [0.15, 0.2) is 59.7 Å². The summed E-state index contributed by atoms with van der Waals surface area (Å²) in [5, 5.41) is 2.73. The predicted molar refractivity (Wildman–Crippen MR) is 145 cm³/mol. The van der Waals surface area contributed by atoms with Gasteiger partial charge < -0.3 is 4.74 Å². The number of nitrogens with zero attached hydrogens (tertiary/aromatic N) is 2. The average molecular weight is 530 g/mol. The van der Waals surface area contributed by atoms with Gasteiger partial charge in [0.15, 0.2) is 5.11 Å². The molecule has 2 heterocycles. The summed E-state index contributed by atoms with van der Waals surface area (Å²) < 4.78 is 5.46. The van der Waals surface area contributed by atoms with Gasteiger partial charge in [0, 0.05) is 12.1 Å². The first-order chi connectivity index (χ1) is 18.4. The molecule has 0 saturated carbocycles. The van der Waals surface area contributed by atoms with E-state index in [2.05, 4.69) is 11.4 Å². The number of amides is 4. The molecule has 2 aromatic rings. The van der Waals surface area contributed by atoms with Crippen LogP contribution in [0.1, 0.15) is 63.9 Å². The fourth-order valence-corrected chi connectivity index (χ4v) is 5.28. The summed E-state index contributed by atoms with van der Waals surface area (Å²) >= 11 is 5.29. The van der Waals surface area contributed by atoms with Crippen molar-refractivity contribution < 1.29 is 23.9 Å². The molecule has 0 aromatic heterocycles. The third-order valence-electron chi connectivity index (χ3n) is 7.05. The molecule has 1 saturated heterocycles. The van der Waals surface area contributed by atoms with Gasteiger partial charge in [-0.3, -0.25) is 34.3 Å². The Morgan fingerprint density at radius 3 is 2.37 bits per heavy atom. The molecule has 5 rings (SSSR count). The number of allylic oxidation sites excluding steroid dienone is 1. The van der Waals surface area contributed by atoms with E-state index < -0.39 is 11.8 Å². The molecule has 1 N–H and O–H groups in total. The summed E-state index contributed by atoms with van der Waals surface area (Å²) in [7, 11) is 1.50. The fraction of sp³-hybridized carbons (Fsp3) is 0.276. The summed E-state index contributed by atoms with van der Waals surface area (Å²) in [5.74, 6) is -1.30. The zero-order valence-electron chi connectivity index (χ0n) is 21.0. The SMILES string of the molecule is COc1ccc(C=C2C(=O)NC(=S)N(CCC3=CCCCC3)C2=O)cc1CN1C(=O)c2ccccc2C1=O. The van der Waals surface area contributed by atoms with E-state index in [9.17, 15) is 19.2 Å². The summed E-state index contributed by atoms with van der Waals surface area (Å²) in [6.45, 7) is 0.382. The molecule has 0 atom stereocenters. The van der Waals surface area contributed by atoms with Gasteiger partial charge >= 0.3 is 0 Å². The lowest BCUT2D eigenvalue weighted by Crippen LogP contribution is -2.54. The number of benzene rings is 2. The minimum Gasteiger partial charge on any atom is -0.496 e. The molecule has 9 heteroatoms. The Morgan fingerprint density at radius 2 is 1.71 bits per heavy atom. The lowest BCUT2D eigenvalue weighted by molar-refractivity contribution is -0.128. The summed E-state index contributed by atoms with van der Waals surface area (Å²) in [4.78, 5) is 54.4. The molecule has 0 bridgehead atoms. The molecule has 2 aliphatic heterocycles. The molecule has 0 spiro atoms. The number of thiocarbonyl (C=S) groups is 1. The number of carbonyl (C=O) groups is 4. The zero-order chi connectivity index (χ0) is 26.8. The van der Waals surface area contributed by atoms with Crippen molar-refractivity contribution in [3.8, 4) is 5.75 Å². The molecule has 3 aliphatic rings. The molecule has 194 valence electrons. The third-order valence-corrected chi connectivity index (χ3v) is 7.37. The second-order valence-corrected chi connectivity index (χ2v) is 9.83. The molecule has 1 fully saturated rings. The number of imide groups is 1. The van der Waals surface area contributed by atoms with E-state index in [4.69, 9.17) is 17.0 Å². The maximum atomic E-state index is 13.3. The van der Waals surface area contributed by atoms with Gasteiger partial charge in [-0.1, -0.05) is 29.8 Å². The Bertz CT molecular complexity index is 1390. The second-order valence-electron chi connectivity index (χ2n) is 9.45. The van der Waals surface area contributed by atoms with Crippen molar-refractivity contribution >= 4 is 47.0 Å². The standard InChI is InChI=1S/C29H27N3O5S/c1-37-24-12-11-19(15-20(24)17-32-26(34)21-9-5-6-10-22(21)27(32)35)16-23-25(33)30-29(38)31(28(23)36)14-13-18-7-3-2-4-8-18/h5-7,9-12,15-16H,2-4,8,13-14,17H2,1H3,(H,30,33,38). The van der Waals surface area contributed by atoms with Gasteiger partial charge in [-0.15, -0.1) is 0 Å². The summed E-state index contributed by atoms with van der Waals surface area (Å²) in [6, 6.07) is 11.8. The highest BCUT2D eigenvalue weighted by Gasteiger charge is 2.36. The average Bonchev–Trinajstić information content (AvgIpc) is 3.16. The van der Waals surface area contributed by atoms with Crippen LogP contribution >= 0.6 is 12.2 Å². The summed E-state index contributed by atoms with van der Waals surface area (Å²) in [5.41, 5.74) is 3.11. The van der Waals surface area contributed by atoms with E-state index in [0.29, 0.717) is 41.0 Å². The van der Waals surface area contributed by atoms with Crippen LogP contribution in [0.2, 0.25) is 0 Å². The van der Waals surface area contributed by atoms with Crippen LogP contribution in [-0.4, -0.2) is 52.2 Å². The van der Waals surface area contributed by atoms with Gasteiger partial charge in [-0.05, 0) is 80.2 Å². The van der Waals surface area contributed by atoms with Crippen molar-refractivity contribution in [2.45, 2.75) is 38.6 Å². The van der Waals surface area contributed by atoms with Gasteiger partial charge in [0.1, 0.15) is 11.3 Å². The van der Waals surface area contributed by atoms with Gasteiger partial charge in [0.05, 0.1) is 24.8 Å². The van der Waals surface area contributed by atoms with Crippen molar-refractivity contribution in [1.82, 2.24) is 15.1 Å². The van der Waals surface area contributed by atoms with Crippen LogP contribution in [0.25, 0.3) is 6.08 Å². The van der Waals surface area contributed by atoms with E-state index in [0.717, 1.165) is 24.2 Å². The Morgan fingerprint density at radius 1 is 0.974 bits per heavy atom. The molecule has 8 nitrogen and oxygen atoms in total. The maximum Gasteiger partial charge on any atom is 0.265 e. The van der Waals surface area contributed by atoms with Crippen LogP contribution in [0, 0.1) is 0 Å². The Kier molecular flexibility index (Phi) is 7.20. The van der Waals surface area contributed by atoms with Gasteiger partial charge in [0.2, 0.25) is 0 Å². The first-order valence-electron chi connectivity index (χ1n) is 12.6. The second kappa shape index (κ2) is 10.7. The molecule has 2 aromatic carbocycles. The highest BCUT2D eigenvalue weighted by atomic mass is 32.1. The third kappa shape index (κ3) is 4.89. The van der Waals surface area contributed by atoms with Crippen molar-refractivity contribution in [2.75, 3.05) is 13.7 Å². The predicted octanol–water partition coefficient (Wildman–Crippen LogP) is 4.01. The molecular weight excluding hydrogens is 502 g/mol. The Balaban J connectivity index is 1.39. The molecule has 0 unspecified atom stereocenters. The molecule has 38 heavy (non-hydrogen) atoms. The van der Waals surface area contributed by atoms with E-state index in [1.807, 2.05) is 0 Å². The van der Waals surface area contributed by atoms with Crippen molar-refractivity contribution in [1.29, 1.82) is 0 Å². The van der Waals surface area contributed by atoms with Gasteiger partial charge in [-0.2, -0.15) is 0 Å². The van der Waals surface area contributed by atoms with Crippen LogP contribution in [0.4, 0.5) is 0 Å². The first-order valence-corrected chi connectivity index (χ1v) is 13.0. The minimum absolute atomic E-state index is 0.0159.